The van der Waals surface area contributed by atoms with E-state index in [1.165, 1.54) is 18.2 Å². The quantitative estimate of drug-likeness (QED) is 0.363. The molecule has 2 aliphatic rings. The van der Waals surface area contributed by atoms with E-state index in [0.29, 0.717) is 13.8 Å². The van der Waals surface area contributed by atoms with Crippen LogP contribution >= 0.6 is 0 Å². The Morgan fingerprint density at radius 3 is 2.36 bits per heavy atom. The Kier molecular flexibility index (Phi) is 9.09. The van der Waals surface area contributed by atoms with Gasteiger partial charge in [-0.1, -0.05) is 19.3 Å². The van der Waals surface area contributed by atoms with Crippen LogP contribution in [0.4, 0.5) is 38.5 Å². The minimum Gasteiger partial charge on any atom is -0.484 e. The summed E-state index contributed by atoms with van der Waals surface area (Å²) in [6.45, 7) is 1.06. The molecule has 4 rings (SSSR count). The van der Waals surface area contributed by atoms with Gasteiger partial charge in [0.2, 0.25) is 5.60 Å². The number of anilines is 2. The summed E-state index contributed by atoms with van der Waals surface area (Å²) in [7, 11) is -4.31. The van der Waals surface area contributed by atoms with Gasteiger partial charge in [0.1, 0.15) is 17.7 Å². The van der Waals surface area contributed by atoms with E-state index in [1.807, 2.05) is 0 Å². The number of carbonyl (C=O) groups excluding carboxylic acids is 2. The van der Waals surface area contributed by atoms with E-state index in [9.17, 15) is 35.6 Å². The third-order valence-corrected chi connectivity index (χ3v) is 8.79. The normalized spacial score (nSPS) is 18.0. The zero-order valence-corrected chi connectivity index (χ0v) is 23.8. The van der Waals surface area contributed by atoms with Crippen LogP contribution < -0.4 is 25.0 Å². The number of hydrogen-bond donors (Lipinski definition) is 3. The molecule has 0 radical (unpaired) electrons. The molecule has 1 heterocycles. The van der Waals surface area contributed by atoms with Gasteiger partial charge in [0.15, 0.2) is 0 Å². The number of fused-ring (bicyclic) bond motifs is 1. The summed E-state index contributed by atoms with van der Waals surface area (Å²) in [5.74, 6) is -0.574. The average Bonchev–Trinajstić information content (AvgIpc) is 2.91. The largest absolute Gasteiger partial charge is 0.484 e. The molecular weight excluding hydrogens is 584 g/mol. The van der Waals surface area contributed by atoms with E-state index in [4.69, 9.17) is 4.74 Å². The summed E-state index contributed by atoms with van der Waals surface area (Å²) in [5.41, 5.74) is -2.88. The predicted molar refractivity (Wildman–Crippen MR) is 145 cm³/mol. The van der Waals surface area contributed by atoms with Crippen LogP contribution in [0.5, 0.6) is 5.75 Å². The molecule has 1 saturated carbocycles. The van der Waals surface area contributed by atoms with Gasteiger partial charge in [0, 0.05) is 11.7 Å². The van der Waals surface area contributed by atoms with Crippen molar-refractivity contribution in [3.63, 3.8) is 0 Å². The van der Waals surface area contributed by atoms with E-state index >= 15 is 0 Å². The first-order chi connectivity index (χ1) is 19.7. The average molecular weight is 617 g/mol. The van der Waals surface area contributed by atoms with Crippen molar-refractivity contribution in [2.45, 2.75) is 74.8 Å². The van der Waals surface area contributed by atoms with Gasteiger partial charge in [-0.25, -0.2) is 22.4 Å². The number of halogens is 4. The molecule has 0 spiro atoms. The van der Waals surface area contributed by atoms with Crippen LogP contribution in [0.15, 0.2) is 47.4 Å². The molecule has 10 nitrogen and oxygen atoms in total. The van der Waals surface area contributed by atoms with Gasteiger partial charge < -0.3 is 20.1 Å². The van der Waals surface area contributed by atoms with Crippen molar-refractivity contribution in [3.8, 4) is 5.75 Å². The zero-order valence-electron chi connectivity index (χ0n) is 23.0. The van der Waals surface area contributed by atoms with Crippen molar-refractivity contribution in [1.29, 1.82) is 0 Å². The Hall–Kier alpha value is -3.75. The topological polar surface area (TPSA) is 126 Å². The molecule has 1 fully saturated rings. The van der Waals surface area contributed by atoms with Crippen LogP contribution in [-0.2, 0) is 14.8 Å². The molecule has 3 amide bonds. The second kappa shape index (κ2) is 12.2. The SMILES string of the molecule is CC(C)(OC(=O)Nc1ccc2c(c1)N(S(=O)(=O)c1ccc(F)cc1)CC(CNC(=O)NC1CCCCC1)O2)C(F)(F)F. The van der Waals surface area contributed by atoms with Gasteiger partial charge in [0.25, 0.3) is 10.0 Å². The highest BCUT2D eigenvalue weighted by atomic mass is 32.2. The van der Waals surface area contributed by atoms with Crippen molar-refractivity contribution < 1.29 is 45.0 Å². The van der Waals surface area contributed by atoms with Gasteiger partial charge in [-0.15, -0.1) is 0 Å². The standard InChI is InChI=1S/C27H32F4N4O6S/c1-26(2,27(29,30)31)41-25(37)34-19-10-13-23-22(14-19)35(42(38,39)21-11-8-17(28)9-12-21)16-20(40-23)15-32-24(36)33-18-6-4-3-5-7-18/h8-14,18,20H,3-7,15-16H2,1-2H3,(H,34,37)(H2,32,33,36). The Balaban J connectivity index is 1.55. The van der Waals surface area contributed by atoms with E-state index in [1.54, 1.807) is 0 Å². The Labute approximate surface area is 240 Å². The molecule has 1 aliphatic heterocycles. The van der Waals surface area contributed by atoms with E-state index in [2.05, 4.69) is 20.7 Å². The molecule has 15 heteroatoms. The van der Waals surface area contributed by atoms with E-state index < -0.39 is 45.8 Å². The first kappa shape index (κ1) is 31.2. The van der Waals surface area contributed by atoms with Gasteiger partial charge in [-0.2, -0.15) is 13.2 Å². The highest BCUT2D eigenvalue weighted by molar-refractivity contribution is 7.92. The maximum absolute atomic E-state index is 13.7. The number of sulfonamides is 1. The maximum atomic E-state index is 13.7. The van der Waals surface area contributed by atoms with Gasteiger partial charge in [-0.05, 0) is 69.2 Å². The summed E-state index contributed by atoms with van der Waals surface area (Å²) in [6, 6.07) is 7.63. The highest BCUT2D eigenvalue weighted by Crippen LogP contribution is 2.39. The van der Waals surface area contributed by atoms with Crippen LogP contribution in [0, 0.1) is 5.82 Å². The first-order valence-corrected chi connectivity index (χ1v) is 14.8. The van der Waals surface area contributed by atoms with Crippen molar-refractivity contribution >= 4 is 33.5 Å². The highest BCUT2D eigenvalue weighted by Gasteiger charge is 2.51. The minimum atomic E-state index is -4.83. The molecule has 1 atom stereocenters. The monoisotopic (exact) mass is 616 g/mol. The lowest BCUT2D eigenvalue weighted by Gasteiger charge is -2.36. The molecule has 0 bridgehead atoms. The van der Waals surface area contributed by atoms with Crippen molar-refractivity contribution in [2.24, 2.45) is 0 Å². The zero-order chi connectivity index (χ0) is 30.7. The number of rotatable bonds is 7. The number of ether oxygens (including phenoxy) is 2. The summed E-state index contributed by atoms with van der Waals surface area (Å²) < 4.78 is 91.7. The summed E-state index contributed by atoms with van der Waals surface area (Å²) in [6.07, 6.45) is -2.14. The first-order valence-electron chi connectivity index (χ1n) is 13.4. The van der Waals surface area contributed by atoms with Crippen LogP contribution in [0.1, 0.15) is 46.0 Å². The Bertz CT molecular complexity index is 1400. The van der Waals surface area contributed by atoms with Crippen molar-refractivity contribution in [2.75, 3.05) is 22.7 Å². The molecule has 3 N–H and O–H groups in total. The lowest BCUT2D eigenvalue weighted by Crippen LogP contribution is -2.51. The fourth-order valence-corrected chi connectivity index (χ4v) is 6.08. The third kappa shape index (κ3) is 7.36. The molecule has 1 unspecified atom stereocenters. The van der Waals surface area contributed by atoms with Crippen LogP contribution in [-0.4, -0.2) is 57.6 Å². The van der Waals surface area contributed by atoms with Gasteiger partial charge >= 0.3 is 18.3 Å². The summed E-state index contributed by atoms with van der Waals surface area (Å²) >= 11 is 0. The molecule has 0 aromatic heterocycles. The van der Waals surface area contributed by atoms with Gasteiger partial charge in [0.05, 0.1) is 23.7 Å². The Morgan fingerprint density at radius 2 is 1.71 bits per heavy atom. The number of urea groups is 1. The number of hydrogen-bond acceptors (Lipinski definition) is 6. The molecule has 0 saturated heterocycles. The number of benzene rings is 2. The minimum absolute atomic E-state index is 0.0323. The molecule has 42 heavy (non-hydrogen) atoms. The molecule has 1 aliphatic carbocycles. The van der Waals surface area contributed by atoms with Crippen LogP contribution in [0.2, 0.25) is 0 Å². The molecule has 2 aromatic carbocycles. The number of nitrogens with one attached hydrogen (secondary N) is 3. The Morgan fingerprint density at radius 1 is 1.05 bits per heavy atom. The van der Waals surface area contributed by atoms with Gasteiger partial charge in [-0.3, -0.25) is 9.62 Å². The number of nitrogens with zero attached hydrogens (tertiary/aromatic N) is 1. The van der Waals surface area contributed by atoms with Crippen LogP contribution in [0.3, 0.4) is 0 Å². The number of amides is 3. The molecular formula is C27H32F4N4O6S. The maximum Gasteiger partial charge on any atom is 0.427 e. The number of carbonyl (C=O) groups is 2. The number of alkyl halides is 3. The summed E-state index contributed by atoms with van der Waals surface area (Å²) in [4.78, 5) is 24.5. The summed E-state index contributed by atoms with van der Waals surface area (Å²) in [5, 5.41) is 7.79. The fourth-order valence-electron chi connectivity index (χ4n) is 4.58. The van der Waals surface area contributed by atoms with Crippen LogP contribution in [0.25, 0.3) is 0 Å². The molecule has 230 valence electrons. The van der Waals surface area contributed by atoms with E-state index in [-0.39, 0.29) is 41.2 Å². The fraction of sp³-hybridized carbons (Fsp3) is 0.481. The third-order valence-electron chi connectivity index (χ3n) is 7.00. The van der Waals surface area contributed by atoms with Crippen molar-refractivity contribution in [3.05, 3.63) is 48.3 Å². The lowest BCUT2D eigenvalue weighted by molar-refractivity contribution is -0.242. The smallest absolute Gasteiger partial charge is 0.427 e. The van der Waals surface area contributed by atoms with E-state index in [0.717, 1.165) is 60.7 Å². The van der Waals surface area contributed by atoms with Crippen molar-refractivity contribution in [1.82, 2.24) is 10.6 Å². The lowest BCUT2D eigenvalue weighted by atomic mass is 9.96. The predicted octanol–water partition coefficient (Wildman–Crippen LogP) is 5.30. The second-order valence-electron chi connectivity index (χ2n) is 10.6. The molecule has 2 aromatic rings. The second-order valence-corrected chi connectivity index (χ2v) is 12.5.